The van der Waals surface area contributed by atoms with E-state index in [0.29, 0.717) is 29.1 Å². The number of aliphatic carboxylic acids is 1. The van der Waals surface area contributed by atoms with E-state index in [1.165, 1.54) is 6.07 Å². The monoisotopic (exact) mass is 536 g/mol. The van der Waals surface area contributed by atoms with Crippen LogP contribution in [0.1, 0.15) is 55.7 Å². The lowest BCUT2D eigenvalue weighted by atomic mass is 9.90. The predicted octanol–water partition coefficient (Wildman–Crippen LogP) is 7.12. The Morgan fingerprint density at radius 1 is 1.26 bits per heavy atom. The normalized spacial score (nSPS) is 14.3. The average molecular weight is 537 g/mol. The number of carbonyl (C=O) groups is 1. The van der Waals surface area contributed by atoms with Gasteiger partial charge in [0.1, 0.15) is 17.2 Å². The van der Waals surface area contributed by atoms with Crippen molar-refractivity contribution in [1.29, 1.82) is 0 Å². The molecule has 0 saturated heterocycles. The number of hydrogen-bond acceptors (Lipinski definition) is 4. The van der Waals surface area contributed by atoms with Crippen LogP contribution in [0.25, 0.3) is 22.2 Å². The maximum atomic E-state index is 14.7. The summed E-state index contributed by atoms with van der Waals surface area (Å²) in [5.41, 5.74) is 4.05. The van der Waals surface area contributed by atoms with Crippen LogP contribution in [0.5, 0.6) is 5.75 Å². The summed E-state index contributed by atoms with van der Waals surface area (Å²) in [6, 6.07) is 12.8. The molecule has 4 aromatic rings. The van der Waals surface area contributed by atoms with Crippen molar-refractivity contribution < 1.29 is 23.8 Å². The number of carboxylic acid groups (broad SMARTS) is 1. The molecule has 0 radical (unpaired) electrons. The van der Waals surface area contributed by atoms with Gasteiger partial charge in [-0.15, -0.1) is 0 Å². The Kier molecular flexibility index (Phi) is 6.92. The first-order valence-corrected chi connectivity index (χ1v) is 13.0. The molecule has 0 spiro atoms. The Hall–Kier alpha value is -3.42. The molecule has 198 valence electrons. The third-order valence-corrected chi connectivity index (χ3v) is 6.96. The van der Waals surface area contributed by atoms with Crippen molar-refractivity contribution in [2.45, 2.75) is 58.8 Å². The minimum absolute atomic E-state index is 0.0611. The summed E-state index contributed by atoms with van der Waals surface area (Å²) in [5, 5.41) is 11.1. The highest BCUT2D eigenvalue weighted by atomic mass is 35.5. The lowest BCUT2D eigenvalue weighted by Crippen LogP contribution is -2.28. The molecule has 2 aromatic heterocycles. The van der Waals surface area contributed by atoms with Crippen molar-refractivity contribution in [1.82, 2.24) is 9.55 Å². The fraction of sp³-hybridized carbons (Fsp3) is 0.333. The smallest absolute Gasteiger partial charge is 0.337 e. The van der Waals surface area contributed by atoms with E-state index >= 15 is 0 Å². The largest absolute Gasteiger partial charge is 0.493 e. The molecule has 0 aliphatic carbocycles. The van der Waals surface area contributed by atoms with Crippen LogP contribution in [0.2, 0.25) is 5.02 Å². The van der Waals surface area contributed by atoms with Crippen LogP contribution in [0.15, 0.2) is 48.7 Å². The first kappa shape index (κ1) is 26.2. The summed E-state index contributed by atoms with van der Waals surface area (Å²) < 4.78 is 28.5. The molecule has 2 aromatic carbocycles. The molecule has 8 heteroatoms. The summed E-state index contributed by atoms with van der Waals surface area (Å²) in [5.74, 6) is -0.714. The maximum Gasteiger partial charge on any atom is 0.337 e. The maximum absolute atomic E-state index is 14.7. The summed E-state index contributed by atoms with van der Waals surface area (Å²) in [6.45, 7) is 8.18. The van der Waals surface area contributed by atoms with Crippen molar-refractivity contribution in [3.63, 3.8) is 0 Å². The zero-order valence-corrected chi connectivity index (χ0v) is 22.6. The molecule has 5 rings (SSSR count). The van der Waals surface area contributed by atoms with Gasteiger partial charge in [-0.1, -0.05) is 29.8 Å². The highest BCUT2D eigenvalue weighted by molar-refractivity contribution is 6.30. The lowest BCUT2D eigenvalue weighted by molar-refractivity contribution is -0.160. The SMILES string of the molecule is Cc1nc2c(ccn2Cc2cccc(Cl)c2F)c(-c2ccc3c(c2)CCCO3)c1C(OC(C)(C)C)C(=O)O. The molecule has 1 unspecified atom stereocenters. The highest BCUT2D eigenvalue weighted by Gasteiger charge is 2.33. The van der Waals surface area contributed by atoms with Crippen LogP contribution in [0.4, 0.5) is 4.39 Å². The number of aromatic nitrogens is 2. The number of ether oxygens (including phenoxy) is 2. The van der Waals surface area contributed by atoms with Gasteiger partial charge in [0.2, 0.25) is 0 Å². The molecule has 0 fully saturated rings. The minimum Gasteiger partial charge on any atom is -0.493 e. The lowest BCUT2D eigenvalue weighted by Gasteiger charge is -2.28. The van der Waals surface area contributed by atoms with Gasteiger partial charge in [-0.3, -0.25) is 0 Å². The molecule has 0 bridgehead atoms. The third kappa shape index (κ3) is 5.00. The van der Waals surface area contributed by atoms with Crippen molar-refractivity contribution >= 4 is 28.6 Å². The van der Waals surface area contributed by atoms with Crippen molar-refractivity contribution in [2.24, 2.45) is 0 Å². The zero-order chi connectivity index (χ0) is 27.2. The minimum atomic E-state index is -1.23. The predicted molar refractivity (Wildman–Crippen MR) is 145 cm³/mol. The fourth-order valence-corrected chi connectivity index (χ4v) is 5.24. The molecule has 0 amide bonds. The molecule has 1 aliphatic rings. The number of carboxylic acids is 1. The molecular weight excluding hydrogens is 507 g/mol. The molecule has 6 nitrogen and oxygen atoms in total. The van der Waals surface area contributed by atoms with Crippen LogP contribution in [0, 0.1) is 12.7 Å². The van der Waals surface area contributed by atoms with E-state index in [1.807, 2.05) is 49.7 Å². The van der Waals surface area contributed by atoms with E-state index in [1.54, 1.807) is 19.1 Å². The Bertz CT molecular complexity index is 1540. The van der Waals surface area contributed by atoms with E-state index in [2.05, 4.69) is 6.07 Å². The van der Waals surface area contributed by atoms with Gasteiger partial charge in [0.05, 0.1) is 23.8 Å². The molecule has 0 saturated carbocycles. The number of hydrogen-bond donors (Lipinski definition) is 1. The van der Waals surface area contributed by atoms with Crippen molar-refractivity contribution in [3.8, 4) is 16.9 Å². The quantitative estimate of drug-likeness (QED) is 0.284. The average Bonchev–Trinajstić information content (AvgIpc) is 3.25. The van der Waals surface area contributed by atoms with Gasteiger partial charge in [-0.25, -0.2) is 14.2 Å². The molecule has 1 N–H and O–H groups in total. The standard InChI is InChI=1S/C30H30ClFN2O4/c1-17-24(27(29(35)36)38-30(2,3)4)25(19-10-11-23-18(15-19)8-6-14-37-23)21-12-13-34(28(21)33-17)16-20-7-5-9-22(31)26(20)32/h5,7,9-13,15,27H,6,8,14,16H2,1-4H3,(H,35,36). The molecule has 1 atom stereocenters. The van der Waals surface area contributed by atoms with E-state index in [-0.39, 0.29) is 11.6 Å². The van der Waals surface area contributed by atoms with Crippen LogP contribution in [0.3, 0.4) is 0 Å². The number of fused-ring (bicyclic) bond motifs is 2. The topological polar surface area (TPSA) is 73.6 Å². The highest BCUT2D eigenvalue weighted by Crippen LogP contribution is 2.41. The van der Waals surface area contributed by atoms with E-state index < -0.39 is 23.5 Å². The summed E-state index contributed by atoms with van der Waals surface area (Å²) in [6.07, 6.45) is 2.40. The van der Waals surface area contributed by atoms with Gasteiger partial charge in [0.25, 0.3) is 0 Å². The summed E-state index contributed by atoms with van der Waals surface area (Å²) in [7, 11) is 0. The number of pyridine rings is 1. The second-order valence-corrected chi connectivity index (χ2v) is 11.0. The molecule has 1 aliphatic heterocycles. The first-order valence-electron chi connectivity index (χ1n) is 12.6. The van der Waals surface area contributed by atoms with E-state index in [0.717, 1.165) is 40.7 Å². The third-order valence-electron chi connectivity index (χ3n) is 6.66. The molecular formula is C30H30ClFN2O4. The van der Waals surface area contributed by atoms with Gasteiger partial charge in [0, 0.05) is 34.0 Å². The van der Waals surface area contributed by atoms with E-state index in [4.69, 9.17) is 26.1 Å². The summed E-state index contributed by atoms with van der Waals surface area (Å²) in [4.78, 5) is 17.4. The Balaban J connectivity index is 1.75. The Morgan fingerprint density at radius 2 is 2.05 bits per heavy atom. The van der Waals surface area contributed by atoms with Gasteiger partial charge in [-0.05, 0) is 75.9 Å². The summed E-state index contributed by atoms with van der Waals surface area (Å²) >= 11 is 6.02. The van der Waals surface area contributed by atoms with Crippen LogP contribution in [-0.4, -0.2) is 32.8 Å². The van der Waals surface area contributed by atoms with Gasteiger partial charge >= 0.3 is 5.97 Å². The fourth-order valence-electron chi connectivity index (χ4n) is 5.04. The zero-order valence-electron chi connectivity index (χ0n) is 21.8. The van der Waals surface area contributed by atoms with Crippen molar-refractivity contribution in [2.75, 3.05) is 6.61 Å². The Labute approximate surface area is 226 Å². The van der Waals surface area contributed by atoms with Gasteiger partial charge in [-0.2, -0.15) is 0 Å². The number of aryl methyl sites for hydroxylation is 2. The van der Waals surface area contributed by atoms with E-state index in [9.17, 15) is 14.3 Å². The number of rotatable bonds is 6. The van der Waals surface area contributed by atoms with Crippen LogP contribution < -0.4 is 4.74 Å². The number of benzene rings is 2. The second-order valence-electron chi connectivity index (χ2n) is 10.6. The molecule has 38 heavy (non-hydrogen) atoms. The first-order chi connectivity index (χ1) is 18.0. The van der Waals surface area contributed by atoms with Gasteiger partial charge in [0.15, 0.2) is 6.10 Å². The second kappa shape index (κ2) is 10.0. The van der Waals surface area contributed by atoms with Crippen LogP contribution in [-0.2, 0) is 22.5 Å². The van der Waals surface area contributed by atoms with Gasteiger partial charge < -0.3 is 19.1 Å². The number of nitrogens with zero attached hydrogens (tertiary/aromatic N) is 2. The molecule has 3 heterocycles. The Morgan fingerprint density at radius 3 is 2.79 bits per heavy atom. The van der Waals surface area contributed by atoms with Crippen molar-refractivity contribution in [3.05, 3.63) is 81.9 Å². The number of halogens is 2. The van der Waals surface area contributed by atoms with Crippen LogP contribution >= 0.6 is 11.6 Å².